The summed E-state index contributed by atoms with van der Waals surface area (Å²) < 4.78 is 0. The van der Waals surface area contributed by atoms with Crippen LogP contribution in [-0.4, -0.2) is 33.6 Å². The summed E-state index contributed by atoms with van der Waals surface area (Å²) in [6.07, 6.45) is 4.92. The Morgan fingerprint density at radius 1 is 0.900 bits per heavy atom. The summed E-state index contributed by atoms with van der Waals surface area (Å²) in [6.45, 7) is 0. The highest BCUT2D eigenvalue weighted by Crippen LogP contribution is 2.31. The molecule has 1 N–H and O–H groups in total. The zero-order valence-electron chi connectivity index (χ0n) is 16.4. The predicted octanol–water partition coefficient (Wildman–Crippen LogP) is 4.42. The third-order valence-electron chi connectivity index (χ3n) is 5.96. The van der Waals surface area contributed by atoms with Crippen LogP contribution in [0.2, 0.25) is 0 Å². The first-order chi connectivity index (χ1) is 14.6. The normalized spacial score (nSPS) is 16.7. The SMILES string of the molecule is O=C(Nc1ccc2ccccc2n1)c1ccc2c(c1)C(=O)N(C1CCCCC1)C2=O. The molecule has 5 rings (SSSR count). The molecule has 0 radical (unpaired) electrons. The molecule has 0 spiro atoms. The number of rotatable bonds is 3. The van der Waals surface area contributed by atoms with Crippen molar-refractivity contribution in [2.75, 3.05) is 5.32 Å². The maximum absolute atomic E-state index is 12.9. The second kappa shape index (κ2) is 7.37. The van der Waals surface area contributed by atoms with E-state index in [1.807, 2.05) is 30.3 Å². The van der Waals surface area contributed by atoms with Gasteiger partial charge in [-0.05, 0) is 49.2 Å². The van der Waals surface area contributed by atoms with Gasteiger partial charge in [-0.25, -0.2) is 4.98 Å². The first-order valence-corrected chi connectivity index (χ1v) is 10.3. The van der Waals surface area contributed by atoms with Gasteiger partial charge in [-0.2, -0.15) is 0 Å². The first kappa shape index (κ1) is 18.5. The summed E-state index contributed by atoms with van der Waals surface area (Å²) in [5.41, 5.74) is 1.80. The topological polar surface area (TPSA) is 79.4 Å². The van der Waals surface area contributed by atoms with Crippen LogP contribution in [0.4, 0.5) is 5.82 Å². The molecule has 3 aromatic rings. The van der Waals surface area contributed by atoms with E-state index in [4.69, 9.17) is 0 Å². The van der Waals surface area contributed by atoms with E-state index in [0.717, 1.165) is 43.0 Å². The van der Waals surface area contributed by atoms with Crippen molar-refractivity contribution in [3.63, 3.8) is 0 Å². The molecule has 1 saturated carbocycles. The largest absolute Gasteiger partial charge is 0.307 e. The molecule has 6 nitrogen and oxygen atoms in total. The summed E-state index contributed by atoms with van der Waals surface area (Å²) in [4.78, 5) is 44.4. The van der Waals surface area contributed by atoms with Crippen LogP contribution in [0, 0.1) is 0 Å². The van der Waals surface area contributed by atoms with E-state index in [2.05, 4.69) is 10.3 Å². The maximum Gasteiger partial charge on any atom is 0.261 e. The Morgan fingerprint density at radius 2 is 1.67 bits per heavy atom. The number of fused-ring (bicyclic) bond motifs is 2. The van der Waals surface area contributed by atoms with Gasteiger partial charge in [0.25, 0.3) is 17.7 Å². The Morgan fingerprint density at radius 3 is 2.50 bits per heavy atom. The molecule has 2 aromatic carbocycles. The molecule has 3 amide bonds. The Labute approximate surface area is 173 Å². The number of nitrogens with zero attached hydrogens (tertiary/aromatic N) is 2. The Hall–Kier alpha value is -3.54. The fourth-order valence-electron chi connectivity index (χ4n) is 4.40. The standard InChI is InChI=1S/C24H21N3O3/c28-22(26-21-13-11-15-6-4-5-9-20(15)25-21)16-10-12-18-19(14-16)24(30)27(23(18)29)17-7-2-1-3-8-17/h4-6,9-14,17H,1-3,7-8H2,(H,25,26,28). The van der Waals surface area contributed by atoms with Gasteiger partial charge in [-0.3, -0.25) is 19.3 Å². The van der Waals surface area contributed by atoms with Crippen molar-refractivity contribution in [3.8, 4) is 0 Å². The van der Waals surface area contributed by atoms with Crippen molar-refractivity contribution in [1.82, 2.24) is 9.88 Å². The summed E-state index contributed by atoms with van der Waals surface area (Å²) in [5.74, 6) is -0.465. The Bertz CT molecular complexity index is 1180. The second-order valence-electron chi connectivity index (χ2n) is 7.88. The minimum absolute atomic E-state index is 0.0368. The number of imide groups is 1. The van der Waals surface area contributed by atoms with Gasteiger partial charge in [0, 0.05) is 17.0 Å². The van der Waals surface area contributed by atoms with Gasteiger partial charge in [-0.15, -0.1) is 0 Å². The van der Waals surface area contributed by atoms with E-state index in [1.54, 1.807) is 18.2 Å². The third-order valence-corrected chi connectivity index (χ3v) is 5.96. The highest BCUT2D eigenvalue weighted by atomic mass is 16.2. The Kier molecular flexibility index (Phi) is 4.54. The number of nitrogens with one attached hydrogen (secondary N) is 1. The van der Waals surface area contributed by atoms with Gasteiger partial charge in [0.2, 0.25) is 0 Å². The van der Waals surface area contributed by atoms with E-state index < -0.39 is 0 Å². The quantitative estimate of drug-likeness (QED) is 0.662. The number of pyridine rings is 1. The molecule has 1 aliphatic heterocycles. The summed E-state index contributed by atoms with van der Waals surface area (Å²) >= 11 is 0. The molecule has 30 heavy (non-hydrogen) atoms. The van der Waals surface area contributed by atoms with Crippen LogP contribution >= 0.6 is 0 Å². The van der Waals surface area contributed by atoms with Crippen molar-refractivity contribution in [1.29, 1.82) is 0 Å². The van der Waals surface area contributed by atoms with Crippen LogP contribution < -0.4 is 5.32 Å². The van der Waals surface area contributed by atoms with Gasteiger partial charge in [0.05, 0.1) is 16.6 Å². The van der Waals surface area contributed by atoms with Gasteiger partial charge in [-0.1, -0.05) is 37.5 Å². The molecule has 0 atom stereocenters. The van der Waals surface area contributed by atoms with E-state index >= 15 is 0 Å². The van der Waals surface area contributed by atoms with Crippen molar-refractivity contribution >= 4 is 34.4 Å². The minimum Gasteiger partial charge on any atom is -0.307 e. The maximum atomic E-state index is 12.9. The molecule has 0 unspecified atom stereocenters. The number of amides is 3. The summed E-state index contributed by atoms with van der Waals surface area (Å²) in [6, 6.07) is 16.0. The second-order valence-corrected chi connectivity index (χ2v) is 7.88. The third kappa shape index (κ3) is 3.14. The number of carbonyl (C=O) groups is 3. The molecule has 2 heterocycles. The molecular formula is C24H21N3O3. The average Bonchev–Trinajstić information content (AvgIpc) is 3.04. The average molecular weight is 399 g/mol. The molecule has 0 bridgehead atoms. The first-order valence-electron chi connectivity index (χ1n) is 10.3. The predicted molar refractivity (Wildman–Crippen MR) is 114 cm³/mol. The van der Waals surface area contributed by atoms with Crippen LogP contribution in [0.15, 0.2) is 54.6 Å². The molecule has 150 valence electrons. The molecule has 6 heteroatoms. The molecule has 1 aliphatic carbocycles. The van der Waals surface area contributed by atoms with Crippen molar-refractivity contribution < 1.29 is 14.4 Å². The van der Waals surface area contributed by atoms with Crippen molar-refractivity contribution in [2.45, 2.75) is 38.1 Å². The van der Waals surface area contributed by atoms with Gasteiger partial charge >= 0.3 is 0 Å². The fourth-order valence-corrected chi connectivity index (χ4v) is 4.40. The van der Waals surface area contributed by atoms with E-state index in [9.17, 15) is 14.4 Å². The molecular weight excluding hydrogens is 378 g/mol. The zero-order chi connectivity index (χ0) is 20.7. The lowest BCUT2D eigenvalue weighted by atomic mass is 9.94. The highest BCUT2D eigenvalue weighted by Gasteiger charge is 2.40. The van der Waals surface area contributed by atoms with Gasteiger partial charge < -0.3 is 5.32 Å². The molecule has 1 fully saturated rings. The number of benzene rings is 2. The number of carbonyl (C=O) groups excluding carboxylic acids is 3. The fraction of sp³-hybridized carbons (Fsp3) is 0.250. The van der Waals surface area contributed by atoms with Crippen LogP contribution in [0.1, 0.15) is 63.2 Å². The van der Waals surface area contributed by atoms with Gasteiger partial charge in [0.15, 0.2) is 0 Å². The lowest BCUT2D eigenvalue weighted by Gasteiger charge is -2.29. The van der Waals surface area contributed by atoms with E-state index in [1.165, 1.54) is 11.0 Å². The summed E-state index contributed by atoms with van der Waals surface area (Å²) in [5, 5.41) is 3.77. The number of anilines is 1. The van der Waals surface area contributed by atoms with Crippen LogP contribution in [0.5, 0.6) is 0 Å². The van der Waals surface area contributed by atoms with Crippen molar-refractivity contribution in [3.05, 3.63) is 71.3 Å². The van der Waals surface area contributed by atoms with E-state index in [0.29, 0.717) is 22.5 Å². The molecule has 0 saturated heterocycles. The number of aromatic nitrogens is 1. The summed E-state index contributed by atoms with van der Waals surface area (Å²) in [7, 11) is 0. The molecule has 2 aliphatic rings. The number of para-hydroxylation sites is 1. The smallest absolute Gasteiger partial charge is 0.261 e. The van der Waals surface area contributed by atoms with Crippen LogP contribution in [0.3, 0.4) is 0 Å². The highest BCUT2D eigenvalue weighted by molar-refractivity contribution is 6.22. The monoisotopic (exact) mass is 399 g/mol. The minimum atomic E-state index is -0.364. The lowest BCUT2D eigenvalue weighted by molar-refractivity contribution is 0.0549. The van der Waals surface area contributed by atoms with Crippen molar-refractivity contribution in [2.24, 2.45) is 0 Å². The number of hydrogen-bond acceptors (Lipinski definition) is 4. The van der Waals surface area contributed by atoms with Gasteiger partial charge in [0.1, 0.15) is 5.82 Å². The van der Waals surface area contributed by atoms with E-state index in [-0.39, 0.29) is 23.8 Å². The molecule has 1 aromatic heterocycles. The number of hydrogen-bond donors (Lipinski definition) is 1. The zero-order valence-corrected chi connectivity index (χ0v) is 16.4. The van der Waals surface area contributed by atoms with Crippen LogP contribution in [0.25, 0.3) is 10.9 Å². The Balaban J connectivity index is 1.39. The lowest BCUT2D eigenvalue weighted by Crippen LogP contribution is -2.40. The van der Waals surface area contributed by atoms with Crippen LogP contribution in [-0.2, 0) is 0 Å².